The first-order valence-electron chi connectivity index (χ1n) is 6.89. The number of nitrogen functional groups attached to an aromatic ring is 1. The number of nitrogens with zero attached hydrogens (tertiary/aromatic N) is 2. The number of aromatic carboxylic acids is 1. The van der Waals surface area contributed by atoms with Crippen molar-refractivity contribution in [3.05, 3.63) is 17.8 Å². The number of carboxylic acids is 1. The summed E-state index contributed by atoms with van der Waals surface area (Å²) in [6.45, 7) is 3.05. The average molecular weight is 263 g/mol. The van der Waals surface area contributed by atoms with Crippen LogP contribution in [0.15, 0.2) is 12.3 Å². The molecule has 0 amide bonds. The first-order valence-corrected chi connectivity index (χ1v) is 6.89. The molecule has 0 spiro atoms. The van der Waals surface area contributed by atoms with E-state index in [0.717, 1.165) is 25.8 Å². The van der Waals surface area contributed by atoms with Crippen molar-refractivity contribution in [2.75, 3.05) is 17.2 Å². The Bertz CT molecular complexity index is 462. The van der Waals surface area contributed by atoms with Gasteiger partial charge in [0.15, 0.2) is 5.82 Å². The molecule has 0 radical (unpaired) electrons. The molecule has 1 aliphatic rings. The predicted molar refractivity (Wildman–Crippen MR) is 75.5 cm³/mol. The molecule has 3 N–H and O–H groups in total. The third kappa shape index (κ3) is 2.80. The van der Waals surface area contributed by atoms with Gasteiger partial charge >= 0.3 is 5.97 Å². The number of pyridine rings is 1. The maximum atomic E-state index is 11.1. The summed E-state index contributed by atoms with van der Waals surface area (Å²) in [5, 5.41) is 9.14. The molecule has 5 heteroatoms. The van der Waals surface area contributed by atoms with Crippen molar-refractivity contribution in [2.24, 2.45) is 0 Å². The Balaban J connectivity index is 2.38. The highest BCUT2D eigenvalue weighted by atomic mass is 16.4. The van der Waals surface area contributed by atoms with Gasteiger partial charge in [-0.15, -0.1) is 0 Å². The van der Waals surface area contributed by atoms with Gasteiger partial charge in [0.2, 0.25) is 0 Å². The highest BCUT2D eigenvalue weighted by Gasteiger charge is 2.24. The number of hydrogen-bond acceptors (Lipinski definition) is 4. The SMILES string of the molecule is CCC1CCCCCN1c1nccc(C(=O)O)c1N. The zero-order valence-corrected chi connectivity index (χ0v) is 11.3. The quantitative estimate of drug-likeness (QED) is 0.876. The van der Waals surface area contributed by atoms with Crippen LogP contribution in [0.3, 0.4) is 0 Å². The zero-order valence-electron chi connectivity index (χ0n) is 11.3. The molecule has 19 heavy (non-hydrogen) atoms. The van der Waals surface area contributed by atoms with Gasteiger partial charge in [0, 0.05) is 18.8 Å². The maximum Gasteiger partial charge on any atom is 0.337 e. The van der Waals surface area contributed by atoms with E-state index in [4.69, 9.17) is 10.8 Å². The Morgan fingerprint density at radius 2 is 2.32 bits per heavy atom. The minimum absolute atomic E-state index is 0.143. The molecule has 5 nitrogen and oxygen atoms in total. The van der Waals surface area contributed by atoms with Crippen molar-refractivity contribution in [1.82, 2.24) is 4.98 Å². The predicted octanol–water partition coefficient (Wildman–Crippen LogP) is 2.52. The summed E-state index contributed by atoms with van der Waals surface area (Å²) < 4.78 is 0. The minimum atomic E-state index is -0.996. The second-order valence-electron chi connectivity index (χ2n) is 5.01. The second-order valence-corrected chi connectivity index (χ2v) is 5.01. The van der Waals surface area contributed by atoms with E-state index in [1.54, 1.807) is 0 Å². The van der Waals surface area contributed by atoms with Crippen molar-refractivity contribution in [2.45, 2.75) is 45.1 Å². The third-order valence-corrected chi connectivity index (χ3v) is 3.82. The van der Waals surface area contributed by atoms with E-state index in [1.807, 2.05) is 0 Å². The molecule has 0 saturated carbocycles. The number of aromatic nitrogens is 1. The van der Waals surface area contributed by atoms with E-state index >= 15 is 0 Å². The van der Waals surface area contributed by atoms with Crippen molar-refractivity contribution in [1.29, 1.82) is 0 Å². The Morgan fingerprint density at radius 3 is 3.00 bits per heavy atom. The molecule has 1 aliphatic heterocycles. The smallest absolute Gasteiger partial charge is 0.337 e. The van der Waals surface area contributed by atoms with Crippen LogP contribution >= 0.6 is 0 Å². The number of rotatable bonds is 3. The molecule has 2 heterocycles. The lowest BCUT2D eigenvalue weighted by atomic mass is 10.1. The lowest BCUT2D eigenvalue weighted by Crippen LogP contribution is -2.35. The monoisotopic (exact) mass is 263 g/mol. The van der Waals surface area contributed by atoms with Crippen LogP contribution in [-0.4, -0.2) is 28.6 Å². The molecule has 1 aromatic rings. The summed E-state index contributed by atoms with van der Waals surface area (Å²) in [7, 11) is 0. The Morgan fingerprint density at radius 1 is 1.53 bits per heavy atom. The zero-order chi connectivity index (χ0) is 13.8. The molecule has 1 saturated heterocycles. The summed E-state index contributed by atoms with van der Waals surface area (Å²) in [5.41, 5.74) is 6.43. The molecule has 0 aromatic carbocycles. The van der Waals surface area contributed by atoms with E-state index in [-0.39, 0.29) is 11.3 Å². The topological polar surface area (TPSA) is 79.5 Å². The van der Waals surface area contributed by atoms with E-state index in [1.165, 1.54) is 25.1 Å². The van der Waals surface area contributed by atoms with Crippen LogP contribution in [-0.2, 0) is 0 Å². The highest BCUT2D eigenvalue weighted by Crippen LogP contribution is 2.30. The molecule has 104 valence electrons. The Labute approximate surface area is 113 Å². The summed E-state index contributed by atoms with van der Waals surface area (Å²) in [6.07, 6.45) is 7.22. The van der Waals surface area contributed by atoms with Crippen LogP contribution in [0.5, 0.6) is 0 Å². The highest BCUT2D eigenvalue weighted by molar-refractivity contribution is 5.96. The Hall–Kier alpha value is -1.78. The largest absolute Gasteiger partial charge is 0.478 e. The van der Waals surface area contributed by atoms with Gasteiger partial charge in [-0.1, -0.05) is 19.8 Å². The number of carboxylic acid groups (broad SMARTS) is 1. The molecule has 1 unspecified atom stereocenters. The van der Waals surface area contributed by atoms with E-state index in [9.17, 15) is 4.79 Å². The fourth-order valence-electron chi connectivity index (χ4n) is 2.76. The lowest BCUT2D eigenvalue weighted by molar-refractivity contribution is 0.0698. The summed E-state index contributed by atoms with van der Waals surface area (Å²) >= 11 is 0. The molecule has 1 atom stereocenters. The third-order valence-electron chi connectivity index (χ3n) is 3.82. The molecule has 0 aliphatic carbocycles. The van der Waals surface area contributed by atoms with Crippen LogP contribution in [0.1, 0.15) is 49.4 Å². The van der Waals surface area contributed by atoms with Gasteiger partial charge in [0.05, 0.1) is 11.3 Å². The molecule has 2 rings (SSSR count). The van der Waals surface area contributed by atoms with E-state index < -0.39 is 5.97 Å². The lowest BCUT2D eigenvalue weighted by Gasteiger charge is -2.31. The number of anilines is 2. The van der Waals surface area contributed by atoms with Crippen LogP contribution in [0.25, 0.3) is 0 Å². The number of carbonyl (C=O) groups is 1. The molecule has 1 fully saturated rings. The van der Waals surface area contributed by atoms with Gasteiger partial charge in [0.25, 0.3) is 0 Å². The van der Waals surface area contributed by atoms with Crippen molar-refractivity contribution < 1.29 is 9.90 Å². The Kier molecular flexibility index (Phi) is 4.24. The van der Waals surface area contributed by atoms with Gasteiger partial charge < -0.3 is 15.7 Å². The summed E-state index contributed by atoms with van der Waals surface area (Å²) in [4.78, 5) is 17.7. The number of nitrogens with two attached hydrogens (primary N) is 1. The minimum Gasteiger partial charge on any atom is -0.478 e. The maximum absolute atomic E-state index is 11.1. The van der Waals surface area contributed by atoms with Gasteiger partial charge in [-0.25, -0.2) is 9.78 Å². The van der Waals surface area contributed by atoms with Crippen LogP contribution in [0.2, 0.25) is 0 Å². The van der Waals surface area contributed by atoms with Gasteiger partial charge in [0.1, 0.15) is 0 Å². The van der Waals surface area contributed by atoms with Crippen molar-refractivity contribution in [3.8, 4) is 0 Å². The first-order chi connectivity index (χ1) is 9.15. The van der Waals surface area contributed by atoms with E-state index in [0.29, 0.717) is 11.9 Å². The van der Waals surface area contributed by atoms with Gasteiger partial charge in [-0.2, -0.15) is 0 Å². The second kappa shape index (κ2) is 5.91. The average Bonchev–Trinajstić information content (AvgIpc) is 2.63. The fourth-order valence-corrected chi connectivity index (χ4v) is 2.76. The molecule has 0 bridgehead atoms. The van der Waals surface area contributed by atoms with E-state index in [2.05, 4.69) is 16.8 Å². The molecular formula is C14H21N3O2. The van der Waals surface area contributed by atoms with Gasteiger partial charge in [-0.05, 0) is 25.3 Å². The number of hydrogen-bond donors (Lipinski definition) is 2. The first kappa shape index (κ1) is 13.6. The van der Waals surface area contributed by atoms with Crippen LogP contribution in [0.4, 0.5) is 11.5 Å². The van der Waals surface area contributed by atoms with Crippen LogP contribution in [0, 0.1) is 0 Å². The van der Waals surface area contributed by atoms with Gasteiger partial charge in [-0.3, -0.25) is 0 Å². The standard InChI is InChI=1S/C14H21N3O2/c1-2-10-6-4-3-5-9-17(10)13-12(15)11(14(18)19)7-8-16-13/h7-8,10H,2-6,9,15H2,1H3,(H,18,19). The van der Waals surface area contributed by atoms with Crippen molar-refractivity contribution in [3.63, 3.8) is 0 Å². The van der Waals surface area contributed by atoms with Crippen molar-refractivity contribution >= 4 is 17.5 Å². The fraction of sp³-hybridized carbons (Fsp3) is 0.571. The summed E-state index contributed by atoms with van der Waals surface area (Å²) in [5.74, 6) is -0.363. The molecular weight excluding hydrogens is 242 g/mol. The normalized spacial score (nSPS) is 20.1. The van der Waals surface area contributed by atoms with Crippen LogP contribution < -0.4 is 10.6 Å². The summed E-state index contributed by atoms with van der Waals surface area (Å²) in [6, 6.07) is 1.86. The molecule has 1 aromatic heterocycles.